The molecule has 23 heavy (non-hydrogen) atoms. The number of hydrogen-bond acceptors (Lipinski definition) is 4. The van der Waals surface area contributed by atoms with Gasteiger partial charge in [-0.2, -0.15) is 0 Å². The van der Waals surface area contributed by atoms with Crippen molar-refractivity contribution in [2.24, 2.45) is 5.92 Å². The summed E-state index contributed by atoms with van der Waals surface area (Å²) in [6.07, 6.45) is 4.67. The van der Waals surface area contributed by atoms with Gasteiger partial charge >= 0.3 is 5.97 Å². The summed E-state index contributed by atoms with van der Waals surface area (Å²) in [5, 5.41) is 9.51. The van der Waals surface area contributed by atoms with Crippen LogP contribution in [0.2, 0.25) is 0 Å². The van der Waals surface area contributed by atoms with Crippen molar-refractivity contribution >= 4 is 17.1 Å². The first kappa shape index (κ1) is 17.2. The van der Waals surface area contributed by atoms with Gasteiger partial charge in [-0.05, 0) is 25.7 Å². The predicted molar refractivity (Wildman–Crippen MR) is 89.1 cm³/mol. The Morgan fingerprint density at radius 2 is 2.17 bits per heavy atom. The van der Waals surface area contributed by atoms with E-state index in [1.54, 1.807) is 13.3 Å². The molecule has 0 unspecified atom stereocenters. The molecule has 0 aliphatic carbocycles. The molecule has 2 aromatic heterocycles. The van der Waals surface area contributed by atoms with Crippen LogP contribution >= 0.6 is 0 Å². The van der Waals surface area contributed by atoms with E-state index in [1.807, 2.05) is 4.57 Å². The number of carbonyl (C=O) groups is 1. The largest absolute Gasteiger partial charge is 0.490 e. The van der Waals surface area contributed by atoms with Gasteiger partial charge in [-0.25, -0.2) is 14.8 Å². The highest BCUT2D eigenvalue weighted by molar-refractivity contribution is 5.98. The van der Waals surface area contributed by atoms with E-state index < -0.39 is 5.97 Å². The maximum atomic E-state index is 11.6. The Morgan fingerprint density at radius 1 is 1.43 bits per heavy atom. The molecular formula is C17H25N3O3. The third kappa shape index (κ3) is 3.81. The van der Waals surface area contributed by atoms with Gasteiger partial charge in [-0.3, -0.25) is 0 Å². The Bertz CT molecular complexity index is 692. The van der Waals surface area contributed by atoms with Crippen LogP contribution in [-0.2, 0) is 6.54 Å². The molecule has 2 rings (SSSR count). The van der Waals surface area contributed by atoms with Crippen molar-refractivity contribution in [2.75, 3.05) is 6.61 Å². The number of nitrogens with zero attached hydrogens (tertiary/aromatic N) is 3. The van der Waals surface area contributed by atoms with E-state index in [1.165, 1.54) is 0 Å². The topological polar surface area (TPSA) is 77.2 Å². The van der Waals surface area contributed by atoms with E-state index in [-0.39, 0.29) is 5.56 Å². The van der Waals surface area contributed by atoms with Gasteiger partial charge in [0.05, 0.1) is 18.6 Å². The Balaban J connectivity index is 2.47. The number of imidazole rings is 1. The molecule has 0 spiro atoms. The Hall–Kier alpha value is -2.11. The number of pyridine rings is 1. The van der Waals surface area contributed by atoms with E-state index >= 15 is 0 Å². The fourth-order valence-electron chi connectivity index (χ4n) is 2.43. The summed E-state index contributed by atoms with van der Waals surface area (Å²) in [6, 6.07) is 0. The van der Waals surface area contributed by atoms with Gasteiger partial charge in [0.1, 0.15) is 5.56 Å². The molecular weight excluding hydrogens is 294 g/mol. The van der Waals surface area contributed by atoms with Crippen LogP contribution in [0.25, 0.3) is 11.2 Å². The average Bonchev–Trinajstić information content (AvgIpc) is 2.86. The molecule has 0 atom stereocenters. The first-order valence-electron chi connectivity index (χ1n) is 8.17. The van der Waals surface area contributed by atoms with Crippen molar-refractivity contribution in [3.8, 4) is 5.75 Å². The lowest BCUT2D eigenvalue weighted by Gasteiger charge is -2.13. The van der Waals surface area contributed by atoms with Gasteiger partial charge < -0.3 is 14.4 Å². The van der Waals surface area contributed by atoms with Gasteiger partial charge in [0.2, 0.25) is 0 Å². The number of aryl methyl sites for hydroxylation is 2. The minimum Gasteiger partial charge on any atom is -0.490 e. The van der Waals surface area contributed by atoms with Crippen molar-refractivity contribution in [3.63, 3.8) is 0 Å². The lowest BCUT2D eigenvalue weighted by atomic mass is 10.1. The van der Waals surface area contributed by atoms with Crippen molar-refractivity contribution in [2.45, 2.75) is 53.5 Å². The van der Waals surface area contributed by atoms with Crippen LogP contribution in [0.15, 0.2) is 6.33 Å². The van der Waals surface area contributed by atoms with Crippen molar-refractivity contribution in [1.29, 1.82) is 0 Å². The van der Waals surface area contributed by atoms with Crippen LogP contribution in [0, 0.1) is 12.8 Å². The first-order chi connectivity index (χ1) is 11.0. The number of ether oxygens (including phenoxy) is 1. The Kier molecular flexibility index (Phi) is 5.58. The number of carboxylic acid groups (broad SMARTS) is 1. The van der Waals surface area contributed by atoms with Crippen molar-refractivity contribution < 1.29 is 14.6 Å². The predicted octanol–water partition coefficient (Wildman–Crippen LogP) is 3.66. The summed E-state index contributed by atoms with van der Waals surface area (Å²) in [5.74, 6) is -0.195. The van der Waals surface area contributed by atoms with Gasteiger partial charge in [-0.1, -0.05) is 27.2 Å². The second-order valence-electron chi connectivity index (χ2n) is 6.20. The summed E-state index contributed by atoms with van der Waals surface area (Å²) in [7, 11) is 0. The number of unbranched alkanes of at least 4 members (excludes halogenated alkanes) is 1. The highest BCUT2D eigenvalue weighted by atomic mass is 16.5. The standard InChI is InChI=1S/C17H25N3O3/c1-5-6-8-20-10-18-14-15(23-9-7-11(2)3)13(17(21)22)12(4)19-16(14)20/h10-11H,5-9H2,1-4H3,(H,21,22). The second kappa shape index (κ2) is 7.44. The number of carboxylic acids is 1. The molecule has 0 aromatic carbocycles. The minimum absolute atomic E-state index is 0.113. The fourth-order valence-corrected chi connectivity index (χ4v) is 2.43. The zero-order chi connectivity index (χ0) is 17.0. The normalized spacial score (nSPS) is 11.3. The number of hydrogen-bond donors (Lipinski definition) is 1. The van der Waals surface area contributed by atoms with Crippen LogP contribution in [0.4, 0.5) is 0 Å². The van der Waals surface area contributed by atoms with Crippen LogP contribution in [-0.4, -0.2) is 32.2 Å². The molecule has 6 heteroatoms. The van der Waals surface area contributed by atoms with Crippen LogP contribution in [0.1, 0.15) is 56.1 Å². The number of fused-ring (bicyclic) bond motifs is 1. The maximum absolute atomic E-state index is 11.6. The van der Waals surface area contributed by atoms with Crippen molar-refractivity contribution in [1.82, 2.24) is 14.5 Å². The number of aromatic nitrogens is 3. The number of aromatic carboxylic acids is 1. The minimum atomic E-state index is -1.03. The molecule has 2 heterocycles. The molecule has 0 saturated carbocycles. The van der Waals surface area contributed by atoms with E-state index in [2.05, 4.69) is 30.7 Å². The lowest BCUT2D eigenvalue weighted by molar-refractivity contribution is 0.0691. The van der Waals surface area contributed by atoms with Crippen molar-refractivity contribution in [3.05, 3.63) is 17.6 Å². The van der Waals surface area contributed by atoms with E-state index in [0.717, 1.165) is 25.8 Å². The quantitative estimate of drug-likeness (QED) is 0.803. The molecule has 0 aliphatic rings. The summed E-state index contributed by atoms with van der Waals surface area (Å²) in [4.78, 5) is 20.4. The van der Waals surface area contributed by atoms with Crippen LogP contribution < -0.4 is 4.74 Å². The van der Waals surface area contributed by atoms with E-state index in [0.29, 0.717) is 35.1 Å². The molecule has 0 radical (unpaired) electrons. The van der Waals surface area contributed by atoms with E-state index in [9.17, 15) is 9.90 Å². The second-order valence-corrected chi connectivity index (χ2v) is 6.20. The molecule has 0 bridgehead atoms. The summed E-state index contributed by atoms with van der Waals surface area (Å²) < 4.78 is 7.79. The zero-order valence-electron chi connectivity index (χ0n) is 14.3. The molecule has 6 nitrogen and oxygen atoms in total. The number of rotatable bonds is 8. The highest BCUT2D eigenvalue weighted by Crippen LogP contribution is 2.30. The summed E-state index contributed by atoms with van der Waals surface area (Å²) in [6.45, 7) is 9.33. The summed E-state index contributed by atoms with van der Waals surface area (Å²) in [5.41, 5.74) is 1.80. The average molecular weight is 319 g/mol. The molecule has 0 aliphatic heterocycles. The summed E-state index contributed by atoms with van der Waals surface area (Å²) >= 11 is 0. The molecule has 0 fully saturated rings. The van der Waals surface area contributed by atoms with Gasteiger partial charge in [0, 0.05) is 6.54 Å². The molecule has 2 aromatic rings. The fraction of sp³-hybridized carbons (Fsp3) is 0.588. The third-order valence-corrected chi connectivity index (χ3v) is 3.80. The molecule has 126 valence electrons. The lowest BCUT2D eigenvalue weighted by Crippen LogP contribution is -2.10. The van der Waals surface area contributed by atoms with Gasteiger partial charge in [-0.15, -0.1) is 0 Å². The van der Waals surface area contributed by atoms with Crippen LogP contribution in [0.3, 0.4) is 0 Å². The van der Waals surface area contributed by atoms with Gasteiger partial charge in [0.25, 0.3) is 0 Å². The molecule has 0 amide bonds. The Morgan fingerprint density at radius 3 is 2.78 bits per heavy atom. The SMILES string of the molecule is CCCCn1cnc2c(OCCC(C)C)c(C(=O)O)c(C)nc21. The third-order valence-electron chi connectivity index (χ3n) is 3.80. The maximum Gasteiger partial charge on any atom is 0.341 e. The van der Waals surface area contributed by atoms with Crippen LogP contribution in [0.5, 0.6) is 5.75 Å². The highest BCUT2D eigenvalue weighted by Gasteiger charge is 2.22. The monoisotopic (exact) mass is 319 g/mol. The Labute approximate surface area is 136 Å². The van der Waals surface area contributed by atoms with E-state index in [4.69, 9.17) is 4.74 Å². The van der Waals surface area contributed by atoms with Gasteiger partial charge in [0.15, 0.2) is 16.9 Å². The first-order valence-corrected chi connectivity index (χ1v) is 8.17. The smallest absolute Gasteiger partial charge is 0.341 e. The molecule has 0 saturated heterocycles. The molecule has 1 N–H and O–H groups in total. The zero-order valence-corrected chi connectivity index (χ0v) is 14.3.